The van der Waals surface area contributed by atoms with Crippen molar-refractivity contribution in [2.75, 3.05) is 7.05 Å². The van der Waals surface area contributed by atoms with Crippen molar-refractivity contribution in [2.45, 2.75) is 19.4 Å². The Kier molecular flexibility index (Phi) is 2.45. The molecule has 1 rings (SSSR count). The van der Waals surface area contributed by atoms with Crippen molar-refractivity contribution in [3.05, 3.63) is 18.2 Å². The molecule has 3 heteroatoms. The molecular weight excluding hydrogens is 126 g/mol. The molecule has 56 valence electrons. The first-order valence-corrected chi connectivity index (χ1v) is 3.48. The fourth-order valence-corrected chi connectivity index (χ4v) is 0.802. The maximum Gasteiger partial charge on any atom is 0.107 e. The van der Waals surface area contributed by atoms with Crippen LogP contribution in [0.3, 0.4) is 0 Å². The molecule has 1 aromatic heterocycles. The number of imidazole rings is 1. The van der Waals surface area contributed by atoms with E-state index in [9.17, 15) is 0 Å². The van der Waals surface area contributed by atoms with Crippen molar-refractivity contribution in [3.63, 3.8) is 0 Å². The van der Waals surface area contributed by atoms with Crippen LogP contribution in [0.5, 0.6) is 0 Å². The van der Waals surface area contributed by atoms with E-state index in [1.54, 1.807) is 6.20 Å². The van der Waals surface area contributed by atoms with Gasteiger partial charge in [0.2, 0.25) is 0 Å². The molecule has 0 spiro atoms. The summed E-state index contributed by atoms with van der Waals surface area (Å²) in [6.45, 7) is 2.13. The number of likely N-dealkylation sites (N-methyl/N-ethyl adjacent to an activating group) is 1. The Bertz CT molecular complexity index is 169. The summed E-state index contributed by atoms with van der Waals surface area (Å²) in [7, 11) is 1.95. The average Bonchev–Trinajstić information content (AvgIpc) is 2.40. The lowest BCUT2D eigenvalue weighted by atomic mass is 10.2. The minimum atomic E-state index is 0.492. The maximum atomic E-state index is 4.11. The smallest absolute Gasteiger partial charge is 0.107 e. The number of nitrogens with one attached hydrogen (secondary N) is 2. The molecule has 0 aliphatic carbocycles. The predicted molar refractivity (Wildman–Crippen MR) is 40.8 cm³/mol. The largest absolute Gasteiger partial charge is 0.349 e. The summed E-state index contributed by atoms with van der Waals surface area (Å²) in [6, 6.07) is 0.492. The first-order chi connectivity index (χ1) is 4.83. The highest BCUT2D eigenvalue weighted by atomic mass is 14.9. The summed E-state index contributed by atoms with van der Waals surface area (Å²) in [4.78, 5) is 7.16. The number of hydrogen-bond acceptors (Lipinski definition) is 2. The topological polar surface area (TPSA) is 40.7 Å². The van der Waals surface area contributed by atoms with E-state index in [1.165, 1.54) is 0 Å². The zero-order chi connectivity index (χ0) is 7.40. The van der Waals surface area contributed by atoms with Gasteiger partial charge in [0.1, 0.15) is 5.82 Å². The monoisotopic (exact) mass is 139 g/mol. The minimum absolute atomic E-state index is 0.492. The molecule has 10 heavy (non-hydrogen) atoms. The minimum Gasteiger partial charge on any atom is -0.349 e. The Morgan fingerprint density at radius 3 is 3.10 bits per heavy atom. The highest BCUT2D eigenvalue weighted by molar-refractivity contribution is 4.89. The predicted octanol–water partition coefficient (Wildman–Crippen LogP) is 0.560. The molecule has 0 amide bonds. The van der Waals surface area contributed by atoms with Gasteiger partial charge in [0.05, 0.1) is 0 Å². The van der Waals surface area contributed by atoms with Gasteiger partial charge >= 0.3 is 0 Å². The summed E-state index contributed by atoms with van der Waals surface area (Å²) >= 11 is 0. The normalized spacial score (nSPS) is 13.4. The zero-order valence-electron chi connectivity index (χ0n) is 6.39. The van der Waals surface area contributed by atoms with Crippen molar-refractivity contribution < 1.29 is 0 Å². The molecule has 0 bridgehead atoms. The molecule has 0 radical (unpaired) electrons. The molecule has 0 aromatic carbocycles. The molecule has 1 atom stereocenters. The molecule has 0 saturated carbocycles. The van der Waals surface area contributed by atoms with Crippen molar-refractivity contribution in [3.8, 4) is 0 Å². The molecule has 0 aliphatic rings. The van der Waals surface area contributed by atoms with Gasteiger partial charge in [-0.2, -0.15) is 0 Å². The van der Waals surface area contributed by atoms with Crippen LogP contribution >= 0.6 is 0 Å². The number of H-pyrrole nitrogens is 1. The van der Waals surface area contributed by atoms with Crippen molar-refractivity contribution in [1.82, 2.24) is 15.3 Å². The van der Waals surface area contributed by atoms with Crippen LogP contribution in [-0.4, -0.2) is 23.1 Å². The van der Waals surface area contributed by atoms with E-state index in [1.807, 2.05) is 13.2 Å². The number of hydrogen-bond donors (Lipinski definition) is 2. The van der Waals surface area contributed by atoms with E-state index in [2.05, 4.69) is 22.2 Å². The van der Waals surface area contributed by atoms with Gasteiger partial charge in [0, 0.05) is 24.9 Å². The summed E-state index contributed by atoms with van der Waals surface area (Å²) < 4.78 is 0. The van der Waals surface area contributed by atoms with E-state index in [0.717, 1.165) is 12.2 Å². The standard InChI is InChI=1S/C7H13N3/c1-6(8-2)5-7-9-3-4-10-7/h3-4,6,8H,5H2,1-2H3,(H,9,10). The first-order valence-electron chi connectivity index (χ1n) is 3.48. The molecular formula is C7H13N3. The molecule has 3 nitrogen and oxygen atoms in total. The van der Waals surface area contributed by atoms with Crippen LogP contribution < -0.4 is 5.32 Å². The second-order valence-corrected chi connectivity index (χ2v) is 2.43. The molecule has 1 heterocycles. The zero-order valence-corrected chi connectivity index (χ0v) is 6.39. The summed E-state index contributed by atoms with van der Waals surface area (Å²) in [5, 5.41) is 3.14. The Morgan fingerprint density at radius 2 is 2.60 bits per heavy atom. The molecule has 1 unspecified atom stereocenters. The van der Waals surface area contributed by atoms with Gasteiger partial charge in [-0.1, -0.05) is 0 Å². The van der Waals surface area contributed by atoms with Crippen LogP contribution in [-0.2, 0) is 6.42 Å². The van der Waals surface area contributed by atoms with E-state index < -0.39 is 0 Å². The maximum absolute atomic E-state index is 4.11. The van der Waals surface area contributed by atoms with Crippen LogP contribution in [0.15, 0.2) is 12.4 Å². The number of aromatic amines is 1. The van der Waals surface area contributed by atoms with Gasteiger partial charge in [-0.25, -0.2) is 4.98 Å². The number of rotatable bonds is 3. The summed E-state index contributed by atoms with van der Waals surface area (Å²) in [5.74, 6) is 1.04. The molecule has 0 aliphatic heterocycles. The lowest BCUT2D eigenvalue weighted by molar-refractivity contribution is 0.594. The third-order valence-corrected chi connectivity index (χ3v) is 1.55. The van der Waals surface area contributed by atoms with Gasteiger partial charge in [-0.05, 0) is 14.0 Å². The van der Waals surface area contributed by atoms with Crippen LogP contribution in [0.4, 0.5) is 0 Å². The summed E-state index contributed by atoms with van der Waals surface area (Å²) in [6.07, 6.45) is 4.58. The van der Waals surface area contributed by atoms with Crippen molar-refractivity contribution >= 4 is 0 Å². The van der Waals surface area contributed by atoms with Gasteiger partial charge in [0.15, 0.2) is 0 Å². The van der Waals surface area contributed by atoms with Gasteiger partial charge in [-0.15, -0.1) is 0 Å². The molecule has 0 fully saturated rings. The van der Waals surface area contributed by atoms with Crippen molar-refractivity contribution in [2.24, 2.45) is 0 Å². The highest BCUT2D eigenvalue weighted by Gasteiger charge is 2.00. The van der Waals surface area contributed by atoms with Crippen LogP contribution in [0.1, 0.15) is 12.7 Å². The fraction of sp³-hybridized carbons (Fsp3) is 0.571. The number of aromatic nitrogens is 2. The average molecular weight is 139 g/mol. The van der Waals surface area contributed by atoms with Crippen LogP contribution in [0.25, 0.3) is 0 Å². The lowest BCUT2D eigenvalue weighted by Crippen LogP contribution is -2.23. The Balaban J connectivity index is 2.40. The molecule has 2 N–H and O–H groups in total. The van der Waals surface area contributed by atoms with Gasteiger partial charge in [0.25, 0.3) is 0 Å². The second kappa shape index (κ2) is 3.37. The molecule has 0 saturated heterocycles. The molecule has 1 aromatic rings. The first kappa shape index (κ1) is 7.28. The van der Waals surface area contributed by atoms with Crippen LogP contribution in [0.2, 0.25) is 0 Å². The third kappa shape index (κ3) is 1.84. The van der Waals surface area contributed by atoms with Crippen LogP contribution in [0, 0.1) is 0 Å². The number of nitrogens with zero attached hydrogens (tertiary/aromatic N) is 1. The van der Waals surface area contributed by atoms with E-state index in [0.29, 0.717) is 6.04 Å². The quantitative estimate of drug-likeness (QED) is 0.642. The van der Waals surface area contributed by atoms with Crippen molar-refractivity contribution in [1.29, 1.82) is 0 Å². The fourth-order valence-electron chi connectivity index (χ4n) is 0.802. The van der Waals surface area contributed by atoms with Gasteiger partial charge in [-0.3, -0.25) is 0 Å². The van der Waals surface area contributed by atoms with E-state index >= 15 is 0 Å². The lowest BCUT2D eigenvalue weighted by Gasteiger charge is -2.06. The Hall–Kier alpha value is -0.830. The highest BCUT2D eigenvalue weighted by Crippen LogP contribution is 1.93. The summed E-state index contributed by atoms with van der Waals surface area (Å²) in [5.41, 5.74) is 0. The second-order valence-electron chi connectivity index (χ2n) is 2.43. The van der Waals surface area contributed by atoms with Gasteiger partial charge < -0.3 is 10.3 Å². The van der Waals surface area contributed by atoms with E-state index in [4.69, 9.17) is 0 Å². The third-order valence-electron chi connectivity index (χ3n) is 1.55. The SMILES string of the molecule is CNC(C)Cc1ncc[nH]1. The Morgan fingerprint density at radius 1 is 1.80 bits per heavy atom. The Labute approximate surface area is 60.9 Å². The van der Waals surface area contributed by atoms with E-state index in [-0.39, 0.29) is 0 Å².